The summed E-state index contributed by atoms with van der Waals surface area (Å²) in [6.45, 7) is 3.23. The summed E-state index contributed by atoms with van der Waals surface area (Å²) in [5.74, 6) is 0.681. The van der Waals surface area contributed by atoms with Gasteiger partial charge in [0.25, 0.3) is 0 Å². The molecule has 0 fully saturated rings. The SMILES string of the molecule is CCn1nnnc1-c1cccc(NC(=O)N(C)Cc2ccsc2)c1. The van der Waals surface area contributed by atoms with E-state index in [1.165, 1.54) is 0 Å². The average Bonchev–Trinajstić information content (AvgIpc) is 3.26. The van der Waals surface area contributed by atoms with E-state index in [1.807, 2.05) is 48.0 Å². The van der Waals surface area contributed by atoms with Crippen LogP contribution in [0, 0.1) is 0 Å². The molecule has 0 atom stereocenters. The van der Waals surface area contributed by atoms with Crippen molar-refractivity contribution < 1.29 is 4.79 Å². The number of nitrogens with one attached hydrogen (secondary N) is 1. The highest BCUT2D eigenvalue weighted by Gasteiger charge is 2.12. The third-order valence-corrected chi connectivity index (χ3v) is 4.28. The molecule has 124 valence electrons. The molecule has 2 heterocycles. The third kappa shape index (κ3) is 3.60. The number of carbonyl (C=O) groups is 1. The number of aryl methyl sites for hydroxylation is 1. The first kappa shape index (κ1) is 16.1. The highest BCUT2D eigenvalue weighted by molar-refractivity contribution is 7.07. The number of anilines is 1. The molecule has 3 rings (SSSR count). The van der Waals surface area contributed by atoms with E-state index < -0.39 is 0 Å². The van der Waals surface area contributed by atoms with Gasteiger partial charge in [0, 0.05) is 31.4 Å². The normalized spacial score (nSPS) is 10.6. The van der Waals surface area contributed by atoms with Crippen LogP contribution in [0.3, 0.4) is 0 Å². The number of hydrogen-bond acceptors (Lipinski definition) is 5. The Morgan fingerprint density at radius 2 is 2.25 bits per heavy atom. The van der Waals surface area contributed by atoms with Crippen molar-refractivity contribution in [3.8, 4) is 11.4 Å². The van der Waals surface area contributed by atoms with Crippen LogP contribution in [0.1, 0.15) is 12.5 Å². The summed E-state index contributed by atoms with van der Waals surface area (Å²) in [6, 6.07) is 9.36. The zero-order valence-corrected chi connectivity index (χ0v) is 14.3. The summed E-state index contributed by atoms with van der Waals surface area (Å²) < 4.78 is 1.71. The molecule has 3 aromatic rings. The minimum atomic E-state index is -0.159. The highest BCUT2D eigenvalue weighted by Crippen LogP contribution is 2.20. The number of nitrogens with zero attached hydrogens (tertiary/aromatic N) is 5. The van der Waals surface area contributed by atoms with E-state index in [-0.39, 0.29) is 6.03 Å². The number of carbonyl (C=O) groups excluding carboxylic acids is 1. The Bertz CT molecular complexity index is 814. The molecule has 0 aliphatic heterocycles. The van der Waals surface area contributed by atoms with E-state index in [2.05, 4.69) is 20.8 Å². The summed E-state index contributed by atoms with van der Waals surface area (Å²) in [5, 5.41) is 18.6. The molecule has 0 aliphatic carbocycles. The largest absolute Gasteiger partial charge is 0.323 e. The molecule has 0 bridgehead atoms. The lowest BCUT2D eigenvalue weighted by Crippen LogP contribution is -2.30. The van der Waals surface area contributed by atoms with Crippen molar-refractivity contribution >= 4 is 23.1 Å². The van der Waals surface area contributed by atoms with Crippen molar-refractivity contribution in [3.63, 3.8) is 0 Å². The van der Waals surface area contributed by atoms with Gasteiger partial charge in [0.05, 0.1) is 0 Å². The second-order valence-electron chi connectivity index (χ2n) is 5.32. The summed E-state index contributed by atoms with van der Waals surface area (Å²) >= 11 is 1.62. The van der Waals surface area contributed by atoms with Gasteiger partial charge in [-0.3, -0.25) is 0 Å². The van der Waals surface area contributed by atoms with Gasteiger partial charge in [-0.15, -0.1) is 5.10 Å². The molecular weight excluding hydrogens is 324 g/mol. The van der Waals surface area contributed by atoms with Gasteiger partial charge in [-0.2, -0.15) is 11.3 Å². The lowest BCUT2D eigenvalue weighted by atomic mass is 10.2. The Morgan fingerprint density at radius 1 is 1.38 bits per heavy atom. The Labute approximate surface area is 143 Å². The zero-order chi connectivity index (χ0) is 16.9. The maximum atomic E-state index is 12.3. The van der Waals surface area contributed by atoms with Crippen LogP contribution in [0.5, 0.6) is 0 Å². The molecule has 0 saturated heterocycles. The van der Waals surface area contributed by atoms with Crippen molar-refractivity contribution in [1.82, 2.24) is 25.1 Å². The van der Waals surface area contributed by atoms with Gasteiger partial charge < -0.3 is 10.2 Å². The fraction of sp³-hybridized carbons (Fsp3) is 0.250. The van der Waals surface area contributed by atoms with Crippen LogP contribution in [0.2, 0.25) is 0 Å². The molecule has 7 nitrogen and oxygen atoms in total. The first-order valence-corrected chi connectivity index (χ1v) is 8.51. The molecule has 0 saturated carbocycles. The van der Waals surface area contributed by atoms with Gasteiger partial charge >= 0.3 is 6.03 Å². The van der Waals surface area contributed by atoms with Crippen LogP contribution in [0.25, 0.3) is 11.4 Å². The topological polar surface area (TPSA) is 75.9 Å². The summed E-state index contributed by atoms with van der Waals surface area (Å²) in [4.78, 5) is 14.0. The predicted molar refractivity (Wildman–Crippen MR) is 93.7 cm³/mol. The minimum Gasteiger partial charge on any atom is -0.323 e. The number of hydrogen-bond donors (Lipinski definition) is 1. The Kier molecular flexibility index (Phi) is 4.85. The molecule has 0 spiro atoms. The minimum absolute atomic E-state index is 0.159. The Morgan fingerprint density at radius 3 is 3.00 bits per heavy atom. The van der Waals surface area contributed by atoms with E-state index in [4.69, 9.17) is 0 Å². The molecule has 1 N–H and O–H groups in total. The molecular formula is C16H18N6OS. The Hall–Kier alpha value is -2.74. The van der Waals surface area contributed by atoms with Gasteiger partial charge in [-0.25, -0.2) is 9.48 Å². The third-order valence-electron chi connectivity index (χ3n) is 3.55. The quantitative estimate of drug-likeness (QED) is 0.773. The van der Waals surface area contributed by atoms with Crippen molar-refractivity contribution in [2.24, 2.45) is 0 Å². The van der Waals surface area contributed by atoms with Gasteiger partial charge in [0.1, 0.15) is 0 Å². The number of rotatable bonds is 5. The van der Waals surface area contributed by atoms with Crippen LogP contribution in [-0.4, -0.2) is 38.2 Å². The van der Waals surface area contributed by atoms with E-state index in [0.717, 1.165) is 11.1 Å². The number of thiophene rings is 1. The van der Waals surface area contributed by atoms with Crippen molar-refractivity contribution in [1.29, 1.82) is 0 Å². The van der Waals surface area contributed by atoms with Crippen LogP contribution < -0.4 is 5.32 Å². The smallest absolute Gasteiger partial charge is 0.321 e. The molecule has 0 radical (unpaired) electrons. The van der Waals surface area contributed by atoms with E-state index in [1.54, 1.807) is 28.0 Å². The van der Waals surface area contributed by atoms with Gasteiger partial charge in [-0.1, -0.05) is 12.1 Å². The summed E-state index contributed by atoms with van der Waals surface area (Å²) in [6.07, 6.45) is 0. The van der Waals surface area contributed by atoms with Crippen LogP contribution >= 0.6 is 11.3 Å². The van der Waals surface area contributed by atoms with Gasteiger partial charge in [-0.05, 0) is 51.9 Å². The van der Waals surface area contributed by atoms with Crippen LogP contribution in [0.15, 0.2) is 41.1 Å². The predicted octanol–water partition coefficient (Wildman–Crippen LogP) is 3.09. The molecule has 8 heteroatoms. The summed E-state index contributed by atoms with van der Waals surface area (Å²) in [5.41, 5.74) is 2.69. The maximum Gasteiger partial charge on any atom is 0.321 e. The first-order valence-electron chi connectivity index (χ1n) is 7.57. The molecule has 24 heavy (non-hydrogen) atoms. The van der Waals surface area contributed by atoms with E-state index in [0.29, 0.717) is 24.6 Å². The average molecular weight is 342 g/mol. The van der Waals surface area contributed by atoms with Crippen LogP contribution in [-0.2, 0) is 13.1 Å². The second kappa shape index (κ2) is 7.22. The van der Waals surface area contributed by atoms with E-state index in [9.17, 15) is 4.79 Å². The number of urea groups is 1. The lowest BCUT2D eigenvalue weighted by Gasteiger charge is -2.17. The van der Waals surface area contributed by atoms with E-state index >= 15 is 0 Å². The van der Waals surface area contributed by atoms with Crippen molar-refractivity contribution in [2.45, 2.75) is 20.0 Å². The standard InChI is InChI=1S/C16H18N6OS/c1-3-22-15(18-19-20-22)13-5-4-6-14(9-13)17-16(23)21(2)10-12-7-8-24-11-12/h4-9,11H,3,10H2,1-2H3,(H,17,23). The monoisotopic (exact) mass is 342 g/mol. The fourth-order valence-corrected chi connectivity index (χ4v) is 2.97. The highest BCUT2D eigenvalue weighted by atomic mass is 32.1. The number of aromatic nitrogens is 4. The first-order chi connectivity index (χ1) is 11.7. The molecule has 2 amide bonds. The number of amides is 2. The van der Waals surface area contributed by atoms with Gasteiger partial charge in [0.15, 0.2) is 5.82 Å². The molecule has 0 aliphatic rings. The van der Waals surface area contributed by atoms with Crippen molar-refractivity contribution in [2.75, 3.05) is 12.4 Å². The molecule has 0 unspecified atom stereocenters. The maximum absolute atomic E-state index is 12.3. The number of benzene rings is 1. The summed E-state index contributed by atoms with van der Waals surface area (Å²) in [7, 11) is 1.77. The molecule has 1 aromatic carbocycles. The second-order valence-corrected chi connectivity index (χ2v) is 6.10. The van der Waals surface area contributed by atoms with Crippen molar-refractivity contribution in [3.05, 3.63) is 46.7 Å². The lowest BCUT2D eigenvalue weighted by molar-refractivity contribution is 0.221. The van der Waals surface area contributed by atoms with Gasteiger partial charge in [0.2, 0.25) is 0 Å². The molecule has 2 aromatic heterocycles. The Balaban J connectivity index is 1.71. The number of tetrazole rings is 1. The van der Waals surface area contributed by atoms with Crippen LogP contribution in [0.4, 0.5) is 10.5 Å². The zero-order valence-electron chi connectivity index (χ0n) is 13.5. The fourth-order valence-electron chi connectivity index (χ4n) is 2.31.